The minimum atomic E-state index is -0.368. The fourth-order valence-electron chi connectivity index (χ4n) is 7.26. The fourth-order valence-corrected chi connectivity index (χ4v) is 7.26. The number of methoxy groups -OCH3 is 1. The highest BCUT2D eigenvalue weighted by molar-refractivity contribution is 5.93. The Hall–Kier alpha value is -2.62. The number of benzene rings is 2. The Bertz CT molecular complexity index is 978. The van der Waals surface area contributed by atoms with Gasteiger partial charge in [0.05, 0.1) is 12.7 Å². The summed E-state index contributed by atoms with van der Waals surface area (Å²) in [5.41, 5.74) is 4.37. The summed E-state index contributed by atoms with van der Waals surface area (Å²) in [6, 6.07) is 16.1. The molecule has 4 atom stereocenters. The molecule has 2 aromatic rings. The van der Waals surface area contributed by atoms with Crippen molar-refractivity contribution < 1.29 is 14.3 Å². The van der Waals surface area contributed by atoms with Crippen LogP contribution in [-0.4, -0.2) is 19.0 Å². The average Bonchev–Trinajstić information content (AvgIpc) is 2.72. The topological polar surface area (TPSA) is 55.4 Å². The molecule has 0 radical (unpaired) electrons. The largest absolute Gasteiger partial charge is 0.465 e. The molecular weight excluding hydrogens is 386 g/mol. The summed E-state index contributed by atoms with van der Waals surface area (Å²) < 4.78 is 4.74. The minimum Gasteiger partial charge on any atom is -0.465 e. The Morgan fingerprint density at radius 3 is 2.23 bits per heavy atom. The maximum absolute atomic E-state index is 13.1. The van der Waals surface area contributed by atoms with Crippen LogP contribution in [0.4, 0.5) is 5.69 Å². The molecule has 2 unspecified atom stereocenters. The van der Waals surface area contributed by atoms with Crippen molar-refractivity contribution >= 4 is 17.6 Å². The Kier molecular flexibility index (Phi) is 4.91. The SMILES string of the molecule is COC(=O)c1ccc(NC(=O)CC23C[C@H]4C[C@@H](C2)CC(c2ccc(C)cc2)(C4)C3)cc1. The van der Waals surface area contributed by atoms with Crippen molar-refractivity contribution in [2.45, 2.75) is 57.3 Å². The molecule has 4 bridgehead atoms. The number of amides is 1. The zero-order chi connectivity index (χ0) is 21.6. The number of hydrogen-bond acceptors (Lipinski definition) is 3. The molecule has 1 N–H and O–H groups in total. The number of carbonyl (C=O) groups excluding carboxylic acids is 2. The lowest BCUT2D eigenvalue weighted by Gasteiger charge is -2.62. The molecule has 4 fully saturated rings. The predicted molar refractivity (Wildman–Crippen MR) is 121 cm³/mol. The Morgan fingerprint density at radius 2 is 1.61 bits per heavy atom. The van der Waals surface area contributed by atoms with E-state index in [2.05, 4.69) is 36.5 Å². The van der Waals surface area contributed by atoms with Crippen LogP contribution in [0, 0.1) is 24.2 Å². The summed E-state index contributed by atoms with van der Waals surface area (Å²) in [5, 5.41) is 3.07. The van der Waals surface area contributed by atoms with Crippen molar-refractivity contribution in [1.29, 1.82) is 0 Å². The maximum Gasteiger partial charge on any atom is 0.337 e. The lowest BCUT2D eigenvalue weighted by Crippen LogP contribution is -2.54. The monoisotopic (exact) mass is 417 g/mol. The van der Waals surface area contributed by atoms with E-state index in [1.54, 1.807) is 24.3 Å². The fraction of sp³-hybridized carbons (Fsp3) is 0.481. The third-order valence-corrected chi connectivity index (χ3v) is 7.97. The van der Waals surface area contributed by atoms with Gasteiger partial charge in [0.1, 0.15) is 0 Å². The molecule has 0 aliphatic heterocycles. The van der Waals surface area contributed by atoms with E-state index in [9.17, 15) is 9.59 Å². The van der Waals surface area contributed by atoms with Crippen LogP contribution in [0.15, 0.2) is 48.5 Å². The van der Waals surface area contributed by atoms with Gasteiger partial charge in [-0.1, -0.05) is 29.8 Å². The Balaban J connectivity index is 1.32. The van der Waals surface area contributed by atoms with Crippen molar-refractivity contribution in [3.05, 3.63) is 65.2 Å². The quantitative estimate of drug-likeness (QED) is 0.640. The molecule has 31 heavy (non-hydrogen) atoms. The van der Waals surface area contributed by atoms with E-state index in [4.69, 9.17) is 4.74 Å². The molecular formula is C27H31NO3. The van der Waals surface area contributed by atoms with E-state index < -0.39 is 0 Å². The first-order valence-corrected chi connectivity index (χ1v) is 11.4. The molecule has 0 aromatic heterocycles. The lowest BCUT2D eigenvalue weighted by atomic mass is 9.42. The Labute approximate surface area is 184 Å². The van der Waals surface area contributed by atoms with E-state index in [0.717, 1.165) is 23.9 Å². The second kappa shape index (κ2) is 7.51. The van der Waals surface area contributed by atoms with Crippen LogP contribution in [0.2, 0.25) is 0 Å². The highest BCUT2D eigenvalue weighted by atomic mass is 16.5. The van der Waals surface area contributed by atoms with Crippen LogP contribution in [-0.2, 0) is 14.9 Å². The number of rotatable bonds is 5. The summed E-state index contributed by atoms with van der Waals surface area (Å²) >= 11 is 0. The van der Waals surface area contributed by atoms with Crippen LogP contribution in [0.1, 0.15) is 66.4 Å². The van der Waals surface area contributed by atoms with Gasteiger partial charge < -0.3 is 10.1 Å². The van der Waals surface area contributed by atoms with E-state index in [-0.39, 0.29) is 22.7 Å². The smallest absolute Gasteiger partial charge is 0.337 e. The van der Waals surface area contributed by atoms with Crippen molar-refractivity contribution in [2.75, 3.05) is 12.4 Å². The molecule has 4 aliphatic carbocycles. The third-order valence-electron chi connectivity index (χ3n) is 7.97. The maximum atomic E-state index is 13.1. The van der Waals surface area contributed by atoms with Crippen LogP contribution < -0.4 is 5.32 Å². The van der Waals surface area contributed by atoms with Gasteiger partial charge in [-0.15, -0.1) is 0 Å². The summed E-state index contributed by atoms with van der Waals surface area (Å²) in [6.07, 6.45) is 8.00. The molecule has 1 amide bonds. The standard InChI is InChI=1S/C27H31NO3/c1-18-3-7-22(8-4-18)27-14-19-11-20(15-27)13-26(12-19,17-27)16-24(29)28-23-9-5-21(6-10-23)25(30)31-2/h3-10,19-20H,11-17H2,1-2H3,(H,28,29)/t19-,20+,26?,27?. The zero-order valence-electron chi connectivity index (χ0n) is 18.4. The molecule has 4 saturated carbocycles. The molecule has 2 aromatic carbocycles. The van der Waals surface area contributed by atoms with Gasteiger partial charge in [0, 0.05) is 12.1 Å². The number of carbonyl (C=O) groups is 2. The normalized spacial score (nSPS) is 30.8. The highest BCUT2D eigenvalue weighted by Gasteiger charge is 2.58. The van der Waals surface area contributed by atoms with Gasteiger partial charge in [-0.05, 0) is 97.9 Å². The van der Waals surface area contributed by atoms with E-state index in [1.165, 1.54) is 50.3 Å². The second-order valence-electron chi connectivity index (χ2n) is 10.4. The van der Waals surface area contributed by atoms with Gasteiger partial charge in [-0.3, -0.25) is 4.79 Å². The van der Waals surface area contributed by atoms with Gasteiger partial charge in [-0.2, -0.15) is 0 Å². The second-order valence-corrected chi connectivity index (χ2v) is 10.4. The number of anilines is 1. The van der Waals surface area contributed by atoms with E-state index in [0.29, 0.717) is 12.0 Å². The number of hydrogen-bond donors (Lipinski definition) is 1. The van der Waals surface area contributed by atoms with E-state index >= 15 is 0 Å². The average molecular weight is 418 g/mol. The molecule has 4 heteroatoms. The third kappa shape index (κ3) is 3.77. The van der Waals surface area contributed by atoms with Gasteiger partial charge in [0.25, 0.3) is 0 Å². The molecule has 0 heterocycles. The summed E-state index contributed by atoms with van der Waals surface area (Å²) in [6.45, 7) is 2.15. The lowest BCUT2D eigenvalue weighted by molar-refractivity contribution is -0.126. The molecule has 0 saturated heterocycles. The van der Waals surface area contributed by atoms with Crippen molar-refractivity contribution in [2.24, 2.45) is 17.3 Å². The van der Waals surface area contributed by atoms with Gasteiger partial charge >= 0.3 is 5.97 Å². The molecule has 4 nitrogen and oxygen atoms in total. The van der Waals surface area contributed by atoms with Gasteiger partial charge in [-0.25, -0.2) is 4.79 Å². The Morgan fingerprint density at radius 1 is 0.968 bits per heavy atom. The summed E-state index contributed by atoms with van der Waals surface area (Å²) in [7, 11) is 1.37. The van der Waals surface area contributed by atoms with Gasteiger partial charge in [0.2, 0.25) is 5.91 Å². The minimum absolute atomic E-state index is 0.0897. The molecule has 6 rings (SSSR count). The summed E-state index contributed by atoms with van der Waals surface area (Å²) in [4.78, 5) is 24.7. The summed E-state index contributed by atoms with van der Waals surface area (Å²) in [5.74, 6) is 1.21. The number of nitrogens with one attached hydrogen (secondary N) is 1. The molecule has 162 valence electrons. The van der Waals surface area contributed by atoms with Crippen molar-refractivity contribution in [3.8, 4) is 0 Å². The highest BCUT2D eigenvalue weighted by Crippen LogP contribution is 2.66. The van der Waals surface area contributed by atoms with Crippen LogP contribution in [0.3, 0.4) is 0 Å². The molecule has 0 spiro atoms. The molecule has 4 aliphatic rings. The number of aryl methyl sites for hydroxylation is 1. The first kappa shape index (κ1) is 20.3. The van der Waals surface area contributed by atoms with Crippen molar-refractivity contribution in [1.82, 2.24) is 0 Å². The van der Waals surface area contributed by atoms with Crippen molar-refractivity contribution in [3.63, 3.8) is 0 Å². The van der Waals surface area contributed by atoms with Gasteiger partial charge in [0.15, 0.2) is 0 Å². The number of ether oxygens (including phenoxy) is 1. The predicted octanol–water partition coefficient (Wildman–Crippen LogP) is 5.65. The first-order valence-electron chi connectivity index (χ1n) is 11.4. The first-order chi connectivity index (χ1) is 14.9. The van der Waals surface area contributed by atoms with Crippen LogP contribution in [0.25, 0.3) is 0 Å². The van der Waals surface area contributed by atoms with E-state index in [1.807, 2.05) is 0 Å². The zero-order valence-corrected chi connectivity index (χ0v) is 18.4. The van der Waals surface area contributed by atoms with Crippen LogP contribution in [0.5, 0.6) is 0 Å². The van der Waals surface area contributed by atoms with Crippen LogP contribution >= 0.6 is 0 Å². The number of esters is 1.